The van der Waals surface area contributed by atoms with Crippen LogP contribution in [-0.4, -0.2) is 58.8 Å². The molecule has 1 aromatic rings. The Hall–Kier alpha value is -0.681. The van der Waals surface area contributed by atoms with Crippen LogP contribution in [0, 0.1) is 0 Å². The number of nitrogen functional groups attached to an aromatic ring is 1. The van der Waals surface area contributed by atoms with E-state index in [0.717, 1.165) is 8.87 Å². The molecule has 2 saturated heterocycles. The van der Waals surface area contributed by atoms with Crippen LogP contribution in [-0.2, 0) is 10.9 Å². The first-order valence-corrected chi connectivity index (χ1v) is 13.9. The van der Waals surface area contributed by atoms with Gasteiger partial charge in [0.05, 0.1) is 0 Å². The Bertz CT molecular complexity index is 606. The van der Waals surface area contributed by atoms with Gasteiger partial charge in [-0.2, -0.15) is 0 Å². The number of rotatable bonds is 4. The molecule has 4 atom stereocenters. The van der Waals surface area contributed by atoms with Gasteiger partial charge in [-0.15, -0.1) is 0 Å². The van der Waals surface area contributed by atoms with E-state index in [0.29, 0.717) is 0 Å². The summed E-state index contributed by atoms with van der Waals surface area (Å²) in [6, 6.07) is 1.54. The van der Waals surface area contributed by atoms with E-state index in [1.165, 1.54) is 10.6 Å². The Labute approximate surface area is 133 Å². The molecule has 0 bridgehead atoms. The molecule has 22 heavy (non-hydrogen) atoms. The van der Waals surface area contributed by atoms with Crippen LogP contribution in [0.25, 0.3) is 0 Å². The summed E-state index contributed by atoms with van der Waals surface area (Å²) in [6.07, 6.45) is -0.287. The van der Waals surface area contributed by atoms with Crippen molar-refractivity contribution in [1.29, 1.82) is 0 Å². The Morgan fingerprint density at radius 2 is 2.05 bits per heavy atom. The first-order valence-electron chi connectivity index (χ1n) is 7.50. The average molecular weight is 418 g/mol. The predicted octanol–water partition coefficient (Wildman–Crippen LogP) is -0.0188. The molecule has 0 radical (unpaired) electrons. The van der Waals surface area contributed by atoms with Crippen LogP contribution in [0.2, 0.25) is 8.87 Å². The molecule has 0 amide bonds. The van der Waals surface area contributed by atoms with Crippen molar-refractivity contribution in [3.63, 3.8) is 0 Å². The monoisotopic (exact) mass is 419 g/mol. The van der Waals surface area contributed by atoms with E-state index in [1.807, 2.05) is 0 Å². The number of hydrogen-bond donors (Lipinski definition) is 2. The second-order valence-corrected chi connectivity index (χ2v) is 16.2. The summed E-state index contributed by atoms with van der Waals surface area (Å²) >= 11 is -3.10. The molecule has 9 heteroatoms. The van der Waals surface area contributed by atoms with Crippen molar-refractivity contribution in [2.75, 3.05) is 12.3 Å². The number of hydrogen-bond acceptors (Lipinski definition) is 7. The summed E-state index contributed by atoms with van der Waals surface area (Å²) in [5, 5.41) is 9.55. The Morgan fingerprint density at radius 3 is 2.64 bits per heavy atom. The maximum atomic E-state index is 12.1. The van der Waals surface area contributed by atoms with Crippen molar-refractivity contribution in [1.82, 2.24) is 9.55 Å². The number of ether oxygens (including phenoxy) is 1. The van der Waals surface area contributed by atoms with Crippen LogP contribution in [0.3, 0.4) is 0 Å². The molecular weight excluding hydrogens is 397 g/mol. The number of anilines is 1. The van der Waals surface area contributed by atoms with E-state index < -0.39 is 37.2 Å². The van der Waals surface area contributed by atoms with Gasteiger partial charge < -0.3 is 0 Å². The van der Waals surface area contributed by atoms with Gasteiger partial charge in [0.2, 0.25) is 0 Å². The van der Waals surface area contributed by atoms with Gasteiger partial charge in [0.15, 0.2) is 0 Å². The van der Waals surface area contributed by atoms with Crippen molar-refractivity contribution in [3.8, 4) is 0 Å². The number of fused-ring (bicyclic) bond motifs is 1. The summed E-state index contributed by atoms with van der Waals surface area (Å²) in [5.74, 6) is 0.161. The van der Waals surface area contributed by atoms with E-state index in [1.54, 1.807) is 6.20 Å². The van der Waals surface area contributed by atoms with E-state index in [2.05, 4.69) is 18.8 Å². The number of aliphatic hydroxyl groups excluding tert-OH is 1. The maximum absolute atomic E-state index is 12.1. The zero-order chi connectivity index (χ0) is 15.9. The van der Waals surface area contributed by atoms with Crippen molar-refractivity contribution < 1.29 is 16.0 Å². The summed E-state index contributed by atoms with van der Waals surface area (Å²) in [7, 11) is 0. The molecule has 3 rings (SSSR count). The predicted molar refractivity (Wildman–Crippen MR) is 80.4 cm³/mol. The molecule has 122 valence electrons. The first-order chi connectivity index (χ1) is 10.5. The van der Waals surface area contributed by atoms with Crippen LogP contribution in [0.15, 0.2) is 17.1 Å². The molecule has 0 unspecified atom stereocenters. The second-order valence-electron chi connectivity index (χ2n) is 5.57. The fourth-order valence-electron chi connectivity index (χ4n) is 3.07. The molecule has 0 aliphatic carbocycles. The van der Waals surface area contributed by atoms with Crippen LogP contribution < -0.4 is 11.4 Å². The van der Waals surface area contributed by atoms with Crippen LogP contribution in [0.5, 0.6) is 0 Å². The molecule has 2 fully saturated rings. The van der Waals surface area contributed by atoms with Crippen molar-refractivity contribution in [2.45, 2.75) is 47.3 Å². The van der Waals surface area contributed by atoms with Gasteiger partial charge in [0.25, 0.3) is 0 Å². The number of nitrogens with zero attached hydrogens (tertiary/aromatic N) is 2. The molecular formula is C13H21N3O5Sn. The van der Waals surface area contributed by atoms with E-state index in [9.17, 15) is 9.90 Å². The minimum absolute atomic E-state index is 0.161. The van der Waals surface area contributed by atoms with Crippen molar-refractivity contribution in [3.05, 3.63) is 22.7 Å². The Kier molecular flexibility index (Phi) is 4.47. The molecule has 3 heterocycles. The second kappa shape index (κ2) is 6.08. The normalized spacial score (nSPS) is 33.0. The molecule has 2 aliphatic heterocycles. The third-order valence-electron chi connectivity index (χ3n) is 4.37. The van der Waals surface area contributed by atoms with Gasteiger partial charge in [0, 0.05) is 0 Å². The van der Waals surface area contributed by atoms with Gasteiger partial charge in [0.1, 0.15) is 0 Å². The van der Waals surface area contributed by atoms with Crippen molar-refractivity contribution in [2.24, 2.45) is 0 Å². The van der Waals surface area contributed by atoms with Crippen LogP contribution in [0.1, 0.15) is 20.1 Å². The average Bonchev–Trinajstić information content (AvgIpc) is 3.03. The third-order valence-corrected chi connectivity index (χ3v) is 14.5. The van der Waals surface area contributed by atoms with Gasteiger partial charge in [-0.25, -0.2) is 0 Å². The fourth-order valence-corrected chi connectivity index (χ4v) is 10.9. The third kappa shape index (κ3) is 2.56. The first kappa shape index (κ1) is 16.2. The van der Waals surface area contributed by atoms with Crippen LogP contribution in [0.4, 0.5) is 5.82 Å². The van der Waals surface area contributed by atoms with Gasteiger partial charge >= 0.3 is 133 Å². The fraction of sp³-hybridized carbons (Fsp3) is 0.692. The van der Waals surface area contributed by atoms with Crippen LogP contribution >= 0.6 is 0 Å². The molecule has 0 saturated carbocycles. The van der Waals surface area contributed by atoms with Crippen molar-refractivity contribution >= 4 is 25.0 Å². The molecule has 8 nitrogen and oxygen atoms in total. The molecule has 3 N–H and O–H groups in total. The van der Waals surface area contributed by atoms with Gasteiger partial charge in [-0.3, -0.25) is 0 Å². The summed E-state index contributed by atoms with van der Waals surface area (Å²) < 4.78 is 21.4. The number of aliphatic hydroxyl groups is 1. The summed E-state index contributed by atoms with van der Waals surface area (Å²) in [6.45, 7) is 3.97. The Morgan fingerprint density at radius 1 is 1.36 bits per heavy atom. The molecule has 0 aromatic carbocycles. The zero-order valence-corrected chi connectivity index (χ0v) is 15.5. The topological polar surface area (TPSA) is 109 Å². The number of nitrogens with two attached hydrogens (primary N) is 1. The van der Waals surface area contributed by atoms with E-state index in [4.69, 9.17) is 16.6 Å². The molecule has 1 aromatic heterocycles. The summed E-state index contributed by atoms with van der Waals surface area (Å²) in [4.78, 5) is 15.8. The summed E-state index contributed by atoms with van der Waals surface area (Å²) in [5.41, 5.74) is 5.03. The number of aromatic nitrogens is 2. The van der Waals surface area contributed by atoms with Gasteiger partial charge in [-0.05, 0) is 0 Å². The molecule has 0 spiro atoms. The minimum atomic E-state index is -3.10. The Balaban J connectivity index is 1.95. The van der Waals surface area contributed by atoms with Gasteiger partial charge in [-0.1, -0.05) is 0 Å². The quantitative estimate of drug-likeness (QED) is 0.662. The SMILES string of the molecule is C[CH2][Sn]1([CH2]C)[O][C@@H]2[C@H]([O]1)[C@H](CO)O[C@H]2n1ccc(N)nc1=O. The van der Waals surface area contributed by atoms with E-state index in [-0.39, 0.29) is 24.6 Å². The standard InChI is InChI=1S/C9H11N3O5.2C2H5.Sn/c10-5-1-2-12(9(16)11-5)8-7(15)6(14)4(3-13)17-8;2*1-2;/h1-2,4,6-8,13H,3H2,(H2,10,11,16);2*1H2,2H3;/q-2;;;+2/t4-,6+,7+,8+;;;/m0.../s1. The molecule has 2 aliphatic rings. The zero-order valence-electron chi connectivity index (χ0n) is 12.6. The van der Waals surface area contributed by atoms with E-state index >= 15 is 0 Å².